The molecule has 0 N–H and O–H groups in total. The third kappa shape index (κ3) is 1.35. The maximum Gasteiger partial charge on any atom is -0.00638 e. The standard InChI is InChI=1S/C11H14/c1-5-6-11-9(3)7-8(2)10(11)4/h5-6H,1,3,7H2,2,4H3/b11-6+. The van der Waals surface area contributed by atoms with E-state index in [1.807, 2.05) is 12.2 Å². The molecule has 0 heterocycles. The molecule has 0 atom stereocenters. The molecule has 1 aliphatic carbocycles. The maximum absolute atomic E-state index is 4.00. The Kier molecular flexibility index (Phi) is 2.13. The van der Waals surface area contributed by atoms with Crippen molar-refractivity contribution in [2.24, 2.45) is 0 Å². The lowest BCUT2D eigenvalue weighted by Crippen LogP contribution is -1.78. The van der Waals surface area contributed by atoms with Crippen LogP contribution in [0.1, 0.15) is 20.3 Å². The first-order chi connectivity index (χ1) is 5.16. The fourth-order valence-electron chi connectivity index (χ4n) is 1.40. The van der Waals surface area contributed by atoms with Crippen molar-refractivity contribution in [3.05, 3.63) is 47.6 Å². The second kappa shape index (κ2) is 2.91. The maximum atomic E-state index is 4.00. The Balaban J connectivity index is 3.06. The van der Waals surface area contributed by atoms with E-state index in [4.69, 9.17) is 0 Å². The summed E-state index contributed by atoms with van der Waals surface area (Å²) < 4.78 is 0. The quantitative estimate of drug-likeness (QED) is 0.532. The lowest BCUT2D eigenvalue weighted by atomic mass is 10.1. The summed E-state index contributed by atoms with van der Waals surface area (Å²) in [5.74, 6) is 0. The first-order valence-corrected chi connectivity index (χ1v) is 3.84. The van der Waals surface area contributed by atoms with Gasteiger partial charge in [0.15, 0.2) is 0 Å². The zero-order valence-corrected chi connectivity index (χ0v) is 7.28. The summed E-state index contributed by atoms with van der Waals surface area (Å²) >= 11 is 0. The highest BCUT2D eigenvalue weighted by molar-refractivity contribution is 5.55. The van der Waals surface area contributed by atoms with Crippen LogP contribution in [0.25, 0.3) is 0 Å². The van der Waals surface area contributed by atoms with E-state index in [9.17, 15) is 0 Å². The molecule has 0 unspecified atom stereocenters. The van der Waals surface area contributed by atoms with Crippen molar-refractivity contribution in [2.75, 3.05) is 0 Å². The third-order valence-corrected chi connectivity index (χ3v) is 2.19. The lowest BCUT2D eigenvalue weighted by Gasteiger charge is -1.98. The Morgan fingerprint density at radius 1 is 1.36 bits per heavy atom. The SMILES string of the molecule is C=C/C=C1\C(=C)CC(C)=C1C. The fraction of sp³-hybridized carbons (Fsp3) is 0.273. The molecular weight excluding hydrogens is 132 g/mol. The minimum Gasteiger partial charge on any atom is -0.0990 e. The van der Waals surface area contributed by atoms with Gasteiger partial charge in [0, 0.05) is 0 Å². The molecule has 0 bridgehead atoms. The van der Waals surface area contributed by atoms with E-state index in [1.54, 1.807) is 0 Å². The Morgan fingerprint density at radius 3 is 2.36 bits per heavy atom. The third-order valence-electron chi connectivity index (χ3n) is 2.19. The van der Waals surface area contributed by atoms with Crippen LogP contribution in [-0.4, -0.2) is 0 Å². The van der Waals surface area contributed by atoms with E-state index in [0.717, 1.165) is 6.42 Å². The van der Waals surface area contributed by atoms with Crippen LogP contribution in [0.4, 0.5) is 0 Å². The highest BCUT2D eigenvalue weighted by atomic mass is 14.2. The van der Waals surface area contributed by atoms with Crippen molar-refractivity contribution in [1.29, 1.82) is 0 Å². The molecule has 11 heavy (non-hydrogen) atoms. The van der Waals surface area contributed by atoms with Gasteiger partial charge in [0.05, 0.1) is 0 Å². The molecule has 0 amide bonds. The van der Waals surface area contributed by atoms with Gasteiger partial charge in [-0.25, -0.2) is 0 Å². The number of hydrogen-bond donors (Lipinski definition) is 0. The molecule has 0 aromatic heterocycles. The minimum absolute atomic E-state index is 1.03. The fourth-order valence-corrected chi connectivity index (χ4v) is 1.40. The predicted molar refractivity (Wildman–Crippen MR) is 50.4 cm³/mol. The molecule has 58 valence electrons. The van der Waals surface area contributed by atoms with Gasteiger partial charge in [-0.3, -0.25) is 0 Å². The zero-order valence-electron chi connectivity index (χ0n) is 7.28. The second-order valence-electron chi connectivity index (χ2n) is 3.00. The van der Waals surface area contributed by atoms with Gasteiger partial charge < -0.3 is 0 Å². The van der Waals surface area contributed by atoms with Crippen molar-refractivity contribution in [1.82, 2.24) is 0 Å². The van der Waals surface area contributed by atoms with Crippen molar-refractivity contribution < 1.29 is 0 Å². The predicted octanol–water partition coefficient (Wildman–Crippen LogP) is 3.40. The highest BCUT2D eigenvalue weighted by Crippen LogP contribution is 2.34. The summed E-state index contributed by atoms with van der Waals surface area (Å²) in [7, 11) is 0. The van der Waals surface area contributed by atoms with Crippen molar-refractivity contribution in [3.8, 4) is 0 Å². The molecule has 1 rings (SSSR count). The molecular formula is C11H14. The largest absolute Gasteiger partial charge is 0.0990 e. The van der Waals surface area contributed by atoms with E-state index in [1.165, 1.54) is 22.3 Å². The van der Waals surface area contributed by atoms with Crippen LogP contribution in [0.2, 0.25) is 0 Å². The minimum atomic E-state index is 1.03. The Hall–Kier alpha value is -1.04. The van der Waals surface area contributed by atoms with Crippen LogP contribution < -0.4 is 0 Å². The van der Waals surface area contributed by atoms with Gasteiger partial charge in [0.25, 0.3) is 0 Å². The molecule has 0 radical (unpaired) electrons. The van der Waals surface area contributed by atoms with Gasteiger partial charge >= 0.3 is 0 Å². The lowest BCUT2D eigenvalue weighted by molar-refractivity contribution is 1.20. The summed E-state index contributed by atoms with van der Waals surface area (Å²) in [6.07, 6.45) is 4.89. The monoisotopic (exact) mass is 146 g/mol. The molecule has 0 fully saturated rings. The second-order valence-corrected chi connectivity index (χ2v) is 3.00. The smallest absolute Gasteiger partial charge is 0.00638 e. The highest BCUT2D eigenvalue weighted by Gasteiger charge is 2.15. The van der Waals surface area contributed by atoms with Gasteiger partial charge in [-0.2, -0.15) is 0 Å². The molecule has 0 aliphatic heterocycles. The summed E-state index contributed by atoms with van der Waals surface area (Å²) in [6.45, 7) is 12.0. The molecule has 0 spiro atoms. The summed E-state index contributed by atoms with van der Waals surface area (Å²) in [4.78, 5) is 0. The molecule has 0 nitrogen and oxygen atoms in total. The average Bonchev–Trinajstić information content (AvgIpc) is 2.17. The molecule has 1 aliphatic rings. The van der Waals surface area contributed by atoms with Gasteiger partial charge in [-0.1, -0.05) is 30.9 Å². The number of rotatable bonds is 1. The number of allylic oxidation sites excluding steroid dienone is 6. The Bertz CT molecular complexity index is 262. The summed E-state index contributed by atoms with van der Waals surface area (Å²) in [5.41, 5.74) is 5.30. The first kappa shape index (κ1) is 8.06. The van der Waals surface area contributed by atoms with Crippen LogP contribution >= 0.6 is 0 Å². The van der Waals surface area contributed by atoms with Gasteiger partial charge in [0.2, 0.25) is 0 Å². The Morgan fingerprint density at radius 2 is 2.00 bits per heavy atom. The van der Waals surface area contributed by atoms with E-state index in [-0.39, 0.29) is 0 Å². The summed E-state index contributed by atoms with van der Waals surface area (Å²) in [5, 5.41) is 0. The van der Waals surface area contributed by atoms with E-state index in [0.29, 0.717) is 0 Å². The zero-order chi connectivity index (χ0) is 8.43. The number of hydrogen-bond acceptors (Lipinski definition) is 0. The van der Waals surface area contributed by atoms with Crippen molar-refractivity contribution >= 4 is 0 Å². The van der Waals surface area contributed by atoms with Crippen LogP contribution in [-0.2, 0) is 0 Å². The van der Waals surface area contributed by atoms with Gasteiger partial charge in [-0.05, 0) is 37.0 Å². The van der Waals surface area contributed by atoms with E-state index in [2.05, 4.69) is 27.0 Å². The molecule has 0 aromatic rings. The van der Waals surface area contributed by atoms with Gasteiger partial charge in [0.1, 0.15) is 0 Å². The van der Waals surface area contributed by atoms with Crippen LogP contribution in [0, 0.1) is 0 Å². The first-order valence-electron chi connectivity index (χ1n) is 3.84. The summed E-state index contributed by atoms with van der Waals surface area (Å²) in [6, 6.07) is 0. The molecule has 0 aromatic carbocycles. The topological polar surface area (TPSA) is 0 Å². The molecule has 0 saturated carbocycles. The van der Waals surface area contributed by atoms with E-state index < -0.39 is 0 Å². The van der Waals surface area contributed by atoms with Gasteiger partial charge in [-0.15, -0.1) is 0 Å². The Labute approximate surface area is 68.6 Å². The average molecular weight is 146 g/mol. The normalized spacial score (nSPS) is 21.6. The van der Waals surface area contributed by atoms with Crippen molar-refractivity contribution in [3.63, 3.8) is 0 Å². The van der Waals surface area contributed by atoms with Crippen LogP contribution in [0.5, 0.6) is 0 Å². The van der Waals surface area contributed by atoms with Crippen molar-refractivity contribution in [2.45, 2.75) is 20.3 Å². The van der Waals surface area contributed by atoms with Crippen LogP contribution in [0.3, 0.4) is 0 Å². The van der Waals surface area contributed by atoms with E-state index >= 15 is 0 Å². The molecule has 0 heteroatoms. The van der Waals surface area contributed by atoms with Crippen LogP contribution in [0.15, 0.2) is 47.6 Å². The molecule has 0 saturated heterocycles.